The fourth-order valence-electron chi connectivity index (χ4n) is 1.48. The summed E-state index contributed by atoms with van der Waals surface area (Å²) in [6.45, 7) is 1.46. The molecule has 1 aliphatic carbocycles. The summed E-state index contributed by atoms with van der Waals surface area (Å²) >= 11 is 3.15. The van der Waals surface area contributed by atoms with E-state index >= 15 is 0 Å². The second-order valence-corrected chi connectivity index (χ2v) is 5.37. The number of hydrogen-bond donors (Lipinski definition) is 1. The van der Waals surface area contributed by atoms with Crippen molar-refractivity contribution in [2.45, 2.75) is 31.9 Å². The summed E-state index contributed by atoms with van der Waals surface area (Å²) in [5.41, 5.74) is -0.194. The van der Waals surface area contributed by atoms with Crippen molar-refractivity contribution in [3.63, 3.8) is 0 Å². The molecular formula is C13H13BrFNO3. The lowest BCUT2D eigenvalue weighted by Crippen LogP contribution is -2.37. The van der Waals surface area contributed by atoms with Gasteiger partial charge in [-0.25, -0.2) is 9.18 Å². The molecule has 1 saturated carbocycles. The number of nitrogens with one attached hydrogen (secondary N) is 1. The van der Waals surface area contributed by atoms with E-state index in [1.54, 1.807) is 0 Å². The molecule has 0 saturated heterocycles. The Bertz CT molecular complexity index is 517. The fourth-order valence-corrected chi connectivity index (χ4v) is 1.84. The van der Waals surface area contributed by atoms with Crippen molar-refractivity contribution < 1.29 is 18.7 Å². The molecule has 0 aromatic heterocycles. The van der Waals surface area contributed by atoms with E-state index in [0.717, 1.165) is 18.9 Å². The summed E-state index contributed by atoms with van der Waals surface area (Å²) in [4.78, 5) is 23.4. The minimum absolute atomic E-state index is 0.191. The molecular weight excluding hydrogens is 317 g/mol. The molecule has 0 heterocycles. The molecule has 0 spiro atoms. The smallest absolute Gasteiger partial charge is 0.341 e. The molecule has 1 amide bonds. The SMILES string of the molecule is C[C@H](OC(=O)c1cc(Br)ccc1F)C(=O)NC1CC1. The highest BCUT2D eigenvalue weighted by molar-refractivity contribution is 9.10. The van der Waals surface area contributed by atoms with Crippen molar-refractivity contribution in [2.75, 3.05) is 0 Å². The third-order valence-electron chi connectivity index (χ3n) is 2.73. The number of benzene rings is 1. The number of amides is 1. The second-order valence-electron chi connectivity index (χ2n) is 4.45. The van der Waals surface area contributed by atoms with Gasteiger partial charge in [0.2, 0.25) is 0 Å². The number of rotatable bonds is 4. The predicted molar refractivity (Wildman–Crippen MR) is 70.1 cm³/mol. The Labute approximate surface area is 118 Å². The van der Waals surface area contributed by atoms with Crippen LogP contribution in [0.1, 0.15) is 30.1 Å². The van der Waals surface area contributed by atoms with Gasteiger partial charge in [-0.05, 0) is 38.0 Å². The van der Waals surface area contributed by atoms with Crippen LogP contribution >= 0.6 is 15.9 Å². The molecule has 0 radical (unpaired) electrons. The molecule has 0 aliphatic heterocycles. The van der Waals surface area contributed by atoms with Crippen molar-refractivity contribution in [1.82, 2.24) is 5.32 Å². The van der Waals surface area contributed by atoms with E-state index in [1.165, 1.54) is 19.1 Å². The maximum Gasteiger partial charge on any atom is 0.341 e. The van der Waals surface area contributed by atoms with E-state index in [1.807, 2.05) is 0 Å². The number of halogens is 2. The van der Waals surface area contributed by atoms with Crippen LogP contribution in [0, 0.1) is 5.82 Å². The Morgan fingerprint density at radius 1 is 1.47 bits per heavy atom. The average Bonchev–Trinajstić information content (AvgIpc) is 3.15. The van der Waals surface area contributed by atoms with E-state index < -0.39 is 17.9 Å². The van der Waals surface area contributed by atoms with Crippen molar-refractivity contribution in [1.29, 1.82) is 0 Å². The monoisotopic (exact) mass is 329 g/mol. The lowest BCUT2D eigenvalue weighted by atomic mass is 10.2. The van der Waals surface area contributed by atoms with Gasteiger partial charge < -0.3 is 10.1 Å². The van der Waals surface area contributed by atoms with Crippen molar-refractivity contribution in [3.8, 4) is 0 Å². The van der Waals surface area contributed by atoms with E-state index in [0.29, 0.717) is 4.47 Å². The molecule has 19 heavy (non-hydrogen) atoms. The molecule has 1 aromatic carbocycles. The third-order valence-corrected chi connectivity index (χ3v) is 3.22. The van der Waals surface area contributed by atoms with Crippen molar-refractivity contribution in [2.24, 2.45) is 0 Å². The van der Waals surface area contributed by atoms with E-state index in [4.69, 9.17) is 4.74 Å². The zero-order chi connectivity index (χ0) is 14.0. The summed E-state index contributed by atoms with van der Waals surface area (Å²) < 4.78 is 19.0. The van der Waals surface area contributed by atoms with Gasteiger partial charge in [-0.3, -0.25) is 4.79 Å². The maximum atomic E-state index is 13.5. The largest absolute Gasteiger partial charge is 0.449 e. The van der Waals surface area contributed by atoms with Crippen LogP contribution in [0.15, 0.2) is 22.7 Å². The van der Waals surface area contributed by atoms with Gasteiger partial charge >= 0.3 is 5.97 Å². The number of esters is 1. The van der Waals surface area contributed by atoms with E-state index in [9.17, 15) is 14.0 Å². The Kier molecular flexibility index (Phi) is 4.19. The van der Waals surface area contributed by atoms with Gasteiger partial charge in [0, 0.05) is 10.5 Å². The first-order valence-electron chi connectivity index (χ1n) is 5.94. The van der Waals surface area contributed by atoms with Gasteiger partial charge in [0.1, 0.15) is 5.82 Å². The highest BCUT2D eigenvalue weighted by Gasteiger charge is 2.27. The van der Waals surface area contributed by atoms with E-state index in [-0.39, 0.29) is 17.5 Å². The Morgan fingerprint density at radius 2 is 2.16 bits per heavy atom. The van der Waals surface area contributed by atoms with Gasteiger partial charge in [-0.2, -0.15) is 0 Å². The average molecular weight is 330 g/mol. The lowest BCUT2D eigenvalue weighted by Gasteiger charge is -2.13. The first-order chi connectivity index (χ1) is 8.97. The zero-order valence-electron chi connectivity index (χ0n) is 10.3. The van der Waals surface area contributed by atoms with Gasteiger partial charge in [0.05, 0.1) is 5.56 Å². The zero-order valence-corrected chi connectivity index (χ0v) is 11.9. The fraction of sp³-hybridized carbons (Fsp3) is 0.385. The first-order valence-corrected chi connectivity index (χ1v) is 6.73. The first kappa shape index (κ1) is 14.0. The third kappa shape index (κ3) is 3.76. The molecule has 0 bridgehead atoms. The Morgan fingerprint density at radius 3 is 2.79 bits per heavy atom. The maximum absolute atomic E-state index is 13.5. The number of hydrogen-bond acceptors (Lipinski definition) is 3. The van der Waals surface area contributed by atoms with Crippen LogP contribution in [0.2, 0.25) is 0 Å². The van der Waals surface area contributed by atoms with Crippen LogP contribution in [0.4, 0.5) is 4.39 Å². The molecule has 6 heteroatoms. The molecule has 2 rings (SSSR count). The molecule has 1 N–H and O–H groups in total. The van der Waals surface area contributed by atoms with Crippen LogP contribution in [0.3, 0.4) is 0 Å². The van der Waals surface area contributed by atoms with Crippen LogP contribution in [-0.4, -0.2) is 24.0 Å². The molecule has 0 unspecified atom stereocenters. The molecule has 4 nitrogen and oxygen atoms in total. The molecule has 1 atom stereocenters. The highest BCUT2D eigenvalue weighted by atomic mass is 79.9. The van der Waals surface area contributed by atoms with Gasteiger partial charge in [0.15, 0.2) is 6.10 Å². The van der Waals surface area contributed by atoms with Gasteiger partial charge in [0.25, 0.3) is 5.91 Å². The number of carbonyl (C=O) groups excluding carboxylic acids is 2. The van der Waals surface area contributed by atoms with Crippen LogP contribution in [0.25, 0.3) is 0 Å². The minimum Gasteiger partial charge on any atom is -0.449 e. The quantitative estimate of drug-likeness (QED) is 0.863. The molecule has 102 valence electrons. The van der Waals surface area contributed by atoms with Crippen LogP contribution in [0.5, 0.6) is 0 Å². The van der Waals surface area contributed by atoms with Crippen LogP contribution < -0.4 is 5.32 Å². The summed E-state index contributed by atoms with van der Waals surface area (Å²) in [6, 6.07) is 4.16. The normalized spacial score (nSPS) is 15.7. The Hall–Kier alpha value is -1.43. The van der Waals surface area contributed by atoms with Gasteiger partial charge in [-0.1, -0.05) is 15.9 Å². The van der Waals surface area contributed by atoms with Crippen molar-refractivity contribution in [3.05, 3.63) is 34.1 Å². The standard InChI is InChI=1S/C13H13BrFNO3/c1-7(12(17)16-9-3-4-9)19-13(18)10-6-8(14)2-5-11(10)15/h2,5-7,9H,3-4H2,1H3,(H,16,17)/t7-/m0/s1. The van der Waals surface area contributed by atoms with Crippen molar-refractivity contribution >= 4 is 27.8 Å². The highest BCUT2D eigenvalue weighted by Crippen LogP contribution is 2.19. The lowest BCUT2D eigenvalue weighted by molar-refractivity contribution is -0.129. The number of ether oxygens (including phenoxy) is 1. The van der Waals surface area contributed by atoms with Crippen LogP contribution in [-0.2, 0) is 9.53 Å². The topological polar surface area (TPSA) is 55.4 Å². The molecule has 1 aromatic rings. The summed E-state index contributed by atoms with van der Waals surface area (Å²) in [5.74, 6) is -1.88. The summed E-state index contributed by atoms with van der Waals surface area (Å²) in [6.07, 6.45) is 0.964. The predicted octanol–water partition coefficient (Wildman–Crippen LogP) is 2.41. The molecule has 1 fully saturated rings. The second kappa shape index (κ2) is 5.69. The molecule has 1 aliphatic rings. The van der Waals surface area contributed by atoms with E-state index in [2.05, 4.69) is 21.2 Å². The number of carbonyl (C=O) groups is 2. The summed E-state index contributed by atoms with van der Waals surface area (Å²) in [7, 11) is 0. The van der Waals surface area contributed by atoms with Gasteiger partial charge in [-0.15, -0.1) is 0 Å². The Balaban J connectivity index is 1.99. The summed E-state index contributed by atoms with van der Waals surface area (Å²) in [5, 5.41) is 2.72. The minimum atomic E-state index is -0.938.